The van der Waals surface area contributed by atoms with E-state index in [4.69, 9.17) is 10.5 Å². The molecule has 0 heterocycles. The second-order valence-corrected chi connectivity index (χ2v) is 3.71. The lowest BCUT2D eigenvalue weighted by Gasteiger charge is -2.10. The van der Waals surface area contributed by atoms with Crippen molar-refractivity contribution in [1.82, 2.24) is 5.32 Å². The molecule has 0 aliphatic heterocycles. The molecule has 0 unspecified atom stereocenters. The average molecular weight is 222 g/mol. The van der Waals surface area contributed by atoms with Crippen molar-refractivity contribution in [2.45, 2.75) is 26.3 Å². The number of ether oxygens (including phenoxy) is 1. The molecule has 1 rings (SSSR count). The number of para-hydroxylation sites is 1. The molecule has 1 aromatic rings. The van der Waals surface area contributed by atoms with Gasteiger partial charge in [-0.1, -0.05) is 18.2 Å². The van der Waals surface area contributed by atoms with Crippen LogP contribution >= 0.6 is 0 Å². The molecule has 1 aromatic carbocycles. The quantitative estimate of drug-likeness (QED) is 0.661. The summed E-state index contributed by atoms with van der Waals surface area (Å²) in [7, 11) is 0. The summed E-state index contributed by atoms with van der Waals surface area (Å²) in [6, 6.07) is 8.16. The van der Waals surface area contributed by atoms with Gasteiger partial charge in [0.25, 0.3) is 0 Å². The first kappa shape index (κ1) is 13.0. The van der Waals surface area contributed by atoms with Crippen molar-refractivity contribution in [1.29, 1.82) is 0 Å². The second kappa shape index (κ2) is 8.13. The predicted molar refractivity (Wildman–Crippen MR) is 67.6 cm³/mol. The van der Waals surface area contributed by atoms with Crippen LogP contribution in [0.3, 0.4) is 0 Å². The molecule has 3 N–H and O–H groups in total. The molecule has 90 valence electrons. The predicted octanol–water partition coefficient (Wildman–Crippen LogP) is 1.91. The molecule has 0 aliphatic rings. The van der Waals surface area contributed by atoms with Crippen molar-refractivity contribution >= 4 is 0 Å². The van der Waals surface area contributed by atoms with Gasteiger partial charge in [-0.2, -0.15) is 0 Å². The summed E-state index contributed by atoms with van der Waals surface area (Å²) in [4.78, 5) is 0. The maximum Gasteiger partial charge on any atom is 0.123 e. The highest BCUT2D eigenvalue weighted by Gasteiger charge is 2.00. The molecule has 0 amide bonds. The van der Waals surface area contributed by atoms with Gasteiger partial charge in [0, 0.05) is 12.1 Å². The lowest BCUT2D eigenvalue weighted by molar-refractivity contribution is 0.335. The van der Waals surface area contributed by atoms with E-state index in [0.29, 0.717) is 6.61 Å². The van der Waals surface area contributed by atoms with E-state index in [0.717, 1.165) is 38.2 Å². The van der Waals surface area contributed by atoms with Crippen molar-refractivity contribution in [2.24, 2.45) is 5.73 Å². The Morgan fingerprint density at radius 3 is 2.81 bits per heavy atom. The molecule has 0 saturated carbocycles. The summed E-state index contributed by atoms with van der Waals surface area (Å²) in [5.74, 6) is 0.983. The maximum atomic E-state index is 5.56. The van der Waals surface area contributed by atoms with Gasteiger partial charge in [-0.25, -0.2) is 0 Å². The van der Waals surface area contributed by atoms with Crippen LogP contribution in [-0.2, 0) is 6.54 Å². The van der Waals surface area contributed by atoms with E-state index in [1.165, 1.54) is 5.56 Å². The average Bonchev–Trinajstić information content (AvgIpc) is 2.31. The molecule has 0 aliphatic carbocycles. The van der Waals surface area contributed by atoms with Gasteiger partial charge in [0.2, 0.25) is 0 Å². The van der Waals surface area contributed by atoms with E-state index in [2.05, 4.69) is 11.4 Å². The second-order valence-electron chi connectivity index (χ2n) is 3.71. The SMILES string of the molecule is CCOc1ccccc1CNCCCCN. The molecule has 0 atom stereocenters. The molecule has 0 radical (unpaired) electrons. The van der Waals surface area contributed by atoms with Crippen LogP contribution in [-0.4, -0.2) is 19.7 Å². The Kier molecular flexibility index (Phi) is 6.61. The number of unbranched alkanes of at least 4 members (excludes halogenated alkanes) is 1. The third-order valence-corrected chi connectivity index (χ3v) is 2.40. The van der Waals surface area contributed by atoms with Gasteiger partial charge < -0.3 is 15.8 Å². The van der Waals surface area contributed by atoms with Gasteiger partial charge in [0.1, 0.15) is 5.75 Å². The van der Waals surface area contributed by atoms with Crippen LogP contribution in [0.5, 0.6) is 5.75 Å². The summed E-state index contributed by atoms with van der Waals surface area (Å²) >= 11 is 0. The highest BCUT2D eigenvalue weighted by atomic mass is 16.5. The Hall–Kier alpha value is -1.06. The standard InChI is InChI=1S/C13H22N2O/c1-2-16-13-8-4-3-7-12(13)11-15-10-6-5-9-14/h3-4,7-8,15H,2,5-6,9-11,14H2,1H3. The molecule has 0 bridgehead atoms. The summed E-state index contributed by atoms with van der Waals surface area (Å²) < 4.78 is 5.56. The highest BCUT2D eigenvalue weighted by Crippen LogP contribution is 2.17. The Morgan fingerprint density at radius 1 is 1.25 bits per heavy atom. The number of hydrogen-bond acceptors (Lipinski definition) is 3. The summed E-state index contributed by atoms with van der Waals surface area (Å²) in [6.07, 6.45) is 2.22. The van der Waals surface area contributed by atoms with Gasteiger partial charge in [-0.3, -0.25) is 0 Å². The number of nitrogens with two attached hydrogens (primary N) is 1. The molecular weight excluding hydrogens is 200 g/mol. The number of nitrogens with one attached hydrogen (secondary N) is 1. The fraction of sp³-hybridized carbons (Fsp3) is 0.538. The number of benzene rings is 1. The summed E-state index contributed by atoms with van der Waals surface area (Å²) in [5, 5.41) is 3.40. The van der Waals surface area contributed by atoms with Crippen molar-refractivity contribution in [3.63, 3.8) is 0 Å². The van der Waals surface area contributed by atoms with E-state index in [1.54, 1.807) is 0 Å². The molecule has 3 nitrogen and oxygen atoms in total. The van der Waals surface area contributed by atoms with Crippen molar-refractivity contribution in [3.05, 3.63) is 29.8 Å². The van der Waals surface area contributed by atoms with E-state index < -0.39 is 0 Å². The van der Waals surface area contributed by atoms with Crippen LogP contribution < -0.4 is 15.8 Å². The smallest absolute Gasteiger partial charge is 0.123 e. The van der Waals surface area contributed by atoms with Gasteiger partial charge in [0.15, 0.2) is 0 Å². The van der Waals surface area contributed by atoms with Crippen molar-refractivity contribution in [3.8, 4) is 5.75 Å². The zero-order chi connectivity index (χ0) is 11.6. The van der Waals surface area contributed by atoms with E-state index in [1.807, 2.05) is 25.1 Å². The summed E-state index contributed by atoms with van der Waals surface area (Å²) in [6.45, 7) is 5.37. The molecule has 0 saturated heterocycles. The first-order valence-corrected chi connectivity index (χ1v) is 6.00. The van der Waals surface area contributed by atoms with Crippen LogP contribution in [0.1, 0.15) is 25.3 Å². The molecule has 0 aromatic heterocycles. The Bertz CT molecular complexity index is 289. The maximum absolute atomic E-state index is 5.56. The molecule has 3 heteroatoms. The molecule has 0 fully saturated rings. The molecule has 0 spiro atoms. The fourth-order valence-electron chi connectivity index (χ4n) is 1.56. The van der Waals surface area contributed by atoms with Crippen LogP contribution in [0.4, 0.5) is 0 Å². The van der Waals surface area contributed by atoms with Crippen LogP contribution in [0, 0.1) is 0 Å². The lowest BCUT2D eigenvalue weighted by Crippen LogP contribution is -2.16. The minimum absolute atomic E-state index is 0.712. The van der Waals surface area contributed by atoms with Crippen molar-refractivity contribution < 1.29 is 4.74 Å². The normalized spacial score (nSPS) is 10.4. The van der Waals surface area contributed by atoms with Gasteiger partial charge in [0.05, 0.1) is 6.61 Å². The van der Waals surface area contributed by atoms with Crippen LogP contribution in [0.15, 0.2) is 24.3 Å². The molecular formula is C13H22N2O. The third kappa shape index (κ3) is 4.64. The van der Waals surface area contributed by atoms with E-state index in [9.17, 15) is 0 Å². The van der Waals surface area contributed by atoms with Crippen LogP contribution in [0.25, 0.3) is 0 Å². The van der Waals surface area contributed by atoms with Crippen molar-refractivity contribution in [2.75, 3.05) is 19.7 Å². The minimum atomic E-state index is 0.712. The summed E-state index contributed by atoms with van der Waals surface area (Å²) in [5.41, 5.74) is 6.66. The van der Waals surface area contributed by atoms with Gasteiger partial charge in [-0.15, -0.1) is 0 Å². The third-order valence-electron chi connectivity index (χ3n) is 2.40. The molecule has 16 heavy (non-hydrogen) atoms. The zero-order valence-electron chi connectivity index (χ0n) is 10.0. The Balaban J connectivity index is 2.34. The topological polar surface area (TPSA) is 47.3 Å². The Morgan fingerprint density at radius 2 is 2.06 bits per heavy atom. The van der Waals surface area contributed by atoms with Gasteiger partial charge >= 0.3 is 0 Å². The Labute approximate surface area is 98.0 Å². The lowest BCUT2D eigenvalue weighted by atomic mass is 10.2. The highest BCUT2D eigenvalue weighted by molar-refractivity contribution is 5.33. The number of rotatable bonds is 8. The number of hydrogen-bond donors (Lipinski definition) is 2. The van der Waals surface area contributed by atoms with Gasteiger partial charge in [-0.05, 0) is 38.9 Å². The van der Waals surface area contributed by atoms with Crippen LogP contribution in [0.2, 0.25) is 0 Å². The fourth-order valence-corrected chi connectivity index (χ4v) is 1.56. The first-order chi connectivity index (χ1) is 7.88. The largest absolute Gasteiger partial charge is 0.494 e. The first-order valence-electron chi connectivity index (χ1n) is 6.00. The zero-order valence-corrected chi connectivity index (χ0v) is 10.0. The monoisotopic (exact) mass is 222 g/mol. The van der Waals surface area contributed by atoms with E-state index >= 15 is 0 Å². The van der Waals surface area contributed by atoms with E-state index in [-0.39, 0.29) is 0 Å². The minimum Gasteiger partial charge on any atom is -0.494 e.